The first-order chi connectivity index (χ1) is 6.79. The summed E-state index contributed by atoms with van der Waals surface area (Å²) in [7, 11) is 0. The standard InChI is InChI=1S/C11H16N2S/c14-10-8-4-3-5-9(8)12-11(13-10)6-1-2-7-11/h12H,1-7H2,(H,13,14). The monoisotopic (exact) mass is 208 g/mol. The Labute approximate surface area is 90.1 Å². The van der Waals surface area contributed by atoms with Gasteiger partial charge in [0, 0.05) is 11.3 Å². The van der Waals surface area contributed by atoms with Gasteiger partial charge in [0.1, 0.15) is 10.7 Å². The molecule has 1 spiro atoms. The molecule has 2 aliphatic carbocycles. The molecule has 0 aromatic carbocycles. The average Bonchev–Trinajstić information content (AvgIpc) is 2.75. The van der Waals surface area contributed by atoms with E-state index in [0.29, 0.717) is 0 Å². The molecule has 0 aromatic heterocycles. The van der Waals surface area contributed by atoms with Gasteiger partial charge in [-0.05, 0) is 44.9 Å². The van der Waals surface area contributed by atoms with E-state index in [1.807, 2.05) is 0 Å². The van der Waals surface area contributed by atoms with E-state index >= 15 is 0 Å². The van der Waals surface area contributed by atoms with E-state index in [1.54, 1.807) is 0 Å². The molecule has 1 fully saturated rings. The lowest BCUT2D eigenvalue weighted by atomic mass is 10.0. The summed E-state index contributed by atoms with van der Waals surface area (Å²) in [6, 6.07) is 0. The second-order valence-corrected chi connectivity index (χ2v) is 5.09. The third-order valence-electron chi connectivity index (χ3n) is 3.69. The molecule has 3 rings (SSSR count). The molecule has 0 atom stereocenters. The van der Waals surface area contributed by atoms with Crippen LogP contribution >= 0.6 is 12.2 Å². The highest BCUT2D eigenvalue weighted by Gasteiger charge is 2.40. The smallest absolute Gasteiger partial charge is 0.108 e. The number of hydrogen-bond donors (Lipinski definition) is 2. The largest absolute Gasteiger partial charge is 0.366 e. The molecule has 2 N–H and O–H groups in total. The predicted molar refractivity (Wildman–Crippen MR) is 60.9 cm³/mol. The van der Waals surface area contributed by atoms with Gasteiger partial charge >= 0.3 is 0 Å². The van der Waals surface area contributed by atoms with E-state index in [9.17, 15) is 0 Å². The second-order valence-electron chi connectivity index (χ2n) is 4.68. The highest BCUT2D eigenvalue weighted by molar-refractivity contribution is 7.80. The molecule has 0 bridgehead atoms. The maximum absolute atomic E-state index is 5.44. The van der Waals surface area contributed by atoms with Crippen LogP contribution in [0.2, 0.25) is 0 Å². The van der Waals surface area contributed by atoms with Crippen molar-refractivity contribution in [3.05, 3.63) is 11.3 Å². The van der Waals surface area contributed by atoms with Crippen LogP contribution in [0.15, 0.2) is 11.3 Å². The molecule has 14 heavy (non-hydrogen) atoms. The predicted octanol–water partition coefficient (Wildman–Crippen LogP) is 2.21. The first-order valence-electron chi connectivity index (χ1n) is 5.62. The van der Waals surface area contributed by atoms with Crippen molar-refractivity contribution in [2.24, 2.45) is 0 Å². The van der Waals surface area contributed by atoms with Gasteiger partial charge in [-0.1, -0.05) is 12.2 Å². The second kappa shape index (κ2) is 2.96. The lowest BCUT2D eigenvalue weighted by molar-refractivity contribution is 0.326. The lowest BCUT2D eigenvalue weighted by Crippen LogP contribution is -2.59. The van der Waals surface area contributed by atoms with E-state index in [2.05, 4.69) is 10.6 Å². The summed E-state index contributed by atoms with van der Waals surface area (Å²) in [5.41, 5.74) is 2.97. The van der Waals surface area contributed by atoms with Crippen molar-refractivity contribution in [2.75, 3.05) is 0 Å². The number of hydrogen-bond acceptors (Lipinski definition) is 2. The zero-order valence-corrected chi connectivity index (χ0v) is 9.17. The summed E-state index contributed by atoms with van der Waals surface area (Å²) in [5, 5.41) is 7.23. The molecule has 1 saturated carbocycles. The van der Waals surface area contributed by atoms with Crippen LogP contribution in [0.5, 0.6) is 0 Å². The van der Waals surface area contributed by atoms with Crippen LogP contribution in [-0.4, -0.2) is 10.7 Å². The Morgan fingerprint density at radius 1 is 1.00 bits per heavy atom. The normalized spacial score (nSPS) is 29.0. The van der Waals surface area contributed by atoms with Crippen LogP contribution in [0.1, 0.15) is 44.9 Å². The molecule has 1 aliphatic heterocycles. The minimum Gasteiger partial charge on any atom is -0.366 e. The van der Waals surface area contributed by atoms with Crippen LogP contribution in [0.4, 0.5) is 0 Å². The molecule has 0 saturated heterocycles. The molecule has 0 unspecified atom stereocenters. The molecule has 76 valence electrons. The summed E-state index contributed by atoms with van der Waals surface area (Å²) >= 11 is 5.44. The maximum Gasteiger partial charge on any atom is 0.108 e. The average molecular weight is 208 g/mol. The zero-order valence-electron chi connectivity index (χ0n) is 8.36. The summed E-state index contributed by atoms with van der Waals surface area (Å²) in [5.74, 6) is 0. The fourth-order valence-corrected chi connectivity index (χ4v) is 3.39. The van der Waals surface area contributed by atoms with Crippen molar-refractivity contribution >= 4 is 17.2 Å². The molecule has 1 heterocycles. The Bertz CT molecular complexity index is 313. The van der Waals surface area contributed by atoms with Crippen molar-refractivity contribution in [1.82, 2.24) is 10.6 Å². The SMILES string of the molecule is S=C1NC2(CCCC2)NC2=C1CCC2. The van der Waals surface area contributed by atoms with Crippen molar-refractivity contribution < 1.29 is 0 Å². The fourth-order valence-electron chi connectivity index (χ4n) is 2.97. The van der Waals surface area contributed by atoms with Gasteiger partial charge in [-0.25, -0.2) is 0 Å². The number of allylic oxidation sites excluding steroid dienone is 1. The molecule has 3 aliphatic rings. The van der Waals surface area contributed by atoms with Gasteiger partial charge in [0.15, 0.2) is 0 Å². The number of rotatable bonds is 0. The quantitative estimate of drug-likeness (QED) is 0.597. The van der Waals surface area contributed by atoms with Gasteiger partial charge in [0.25, 0.3) is 0 Å². The first-order valence-corrected chi connectivity index (χ1v) is 6.03. The fraction of sp³-hybridized carbons (Fsp3) is 0.727. The van der Waals surface area contributed by atoms with E-state index in [1.165, 1.54) is 56.2 Å². The Balaban J connectivity index is 1.92. The van der Waals surface area contributed by atoms with Gasteiger partial charge in [0.2, 0.25) is 0 Å². The topological polar surface area (TPSA) is 24.1 Å². The minimum atomic E-state index is 0.139. The lowest BCUT2D eigenvalue weighted by Gasteiger charge is -2.38. The van der Waals surface area contributed by atoms with Crippen molar-refractivity contribution in [2.45, 2.75) is 50.6 Å². The van der Waals surface area contributed by atoms with Gasteiger partial charge in [-0.15, -0.1) is 0 Å². The van der Waals surface area contributed by atoms with E-state index < -0.39 is 0 Å². The van der Waals surface area contributed by atoms with Crippen LogP contribution in [0.25, 0.3) is 0 Å². The van der Waals surface area contributed by atoms with E-state index in [0.717, 1.165) is 4.99 Å². The van der Waals surface area contributed by atoms with Gasteiger partial charge in [-0.3, -0.25) is 0 Å². The summed E-state index contributed by atoms with van der Waals surface area (Å²) < 4.78 is 0. The number of thiocarbonyl (C=S) groups is 1. The van der Waals surface area contributed by atoms with Crippen LogP contribution in [-0.2, 0) is 0 Å². The molecular weight excluding hydrogens is 192 g/mol. The first kappa shape index (κ1) is 8.72. The molecule has 0 amide bonds. The Morgan fingerprint density at radius 2 is 1.79 bits per heavy atom. The van der Waals surface area contributed by atoms with Crippen molar-refractivity contribution in [1.29, 1.82) is 0 Å². The van der Waals surface area contributed by atoms with Crippen LogP contribution < -0.4 is 10.6 Å². The zero-order chi connectivity index (χ0) is 9.60. The summed E-state index contributed by atoms with van der Waals surface area (Å²) in [4.78, 5) is 1.03. The van der Waals surface area contributed by atoms with E-state index in [-0.39, 0.29) is 5.66 Å². The van der Waals surface area contributed by atoms with Crippen LogP contribution in [0.3, 0.4) is 0 Å². The molecule has 0 radical (unpaired) electrons. The highest BCUT2D eigenvalue weighted by Crippen LogP contribution is 2.36. The summed E-state index contributed by atoms with van der Waals surface area (Å²) in [6.45, 7) is 0. The third kappa shape index (κ3) is 1.18. The molecule has 3 heteroatoms. The number of nitrogens with one attached hydrogen (secondary N) is 2. The van der Waals surface area contributed by atoms with E-state index in [4.69, 9.17) is 12.2 Å². The maximum atomic E-state index is 5.44. The Morgan fingerprint density at radius 3 is 2.57 bits per heavy atom. The summed E-state index contributed by atoms with van der Waals surface area (Å²) in [6.07, 6.45) is 8.75. The Hall–Kier alpha value is -0.570. The van der Waals surface area contributed by atoms with Gasteiger partial charge in [-0.2, -0.15) is 0 Å². The van der Waals surface area contributed by atoms with Crippen LogP contribution in [0, 0.1) is 0 Å². The highest BCUT2D eigenvalue weighted by atomic mass is 32.1. The molecule has 2 nitrogen and oxygen atoms in total. The van der Waals surface area contributed by atoms with Crippen molar-refractivity contribution in [3.8, 4) is 0 Å². The minimum absolute atomic E-state index is 0.139. The Kier molecular flexibility index (Phi) is 1.84. The third-order valence-corrected chi connectivity index (χ3v) is 4.04. The van der Waals surface area contributed by atoms with Gasteiger partial charge < -0.3 is 10.6 Å². The molecular formula is C11H16N2S. The van der Waals surface area contributed by atoms with Gasteiger partial charge in [0.05, 0.1) is 0 Å². The molecule has 0 aromatic rings. The van der Waals surface area contributed by atoms with Crippen molar-refractivity contribution in [3.63, 3.8) is 0 Å².